The Morgan fingerprint density at radius 3 is 1.96 bits per heavy atom. The number of hydrogen-bond donors (Lipinski definition) is 3. The molecule has 2 atom stereocenters. The summed E-state index contributed by atoms with van der Waals surface area (Å²) in [5, 5.41) is 8.93. The highest BCUT2D eigenvalue weighted by Crippen LogP contribution is 2.44. The van der Waals surface area contributed by atoms with E-state index in [2.05, 4.69) is 57.2 Å². The van der Waals surface area contributed by atoms with Gasteiger partial charge in [0.25, 0.3) is 0 Å². The van der Waals surface area contributed by atoms with Gasteiger partial charge in [-0.25, -0.2) is 4.79 Å². The fourth-order valence-electron chi connectivity index (χ4n) is 8.47. The number of benzene rings is 4. The van der Waals surface area contributed by atoms with Gasteiger partial charge in [-0.15, -0.1) is 0 Å². The summed E-state index contributed by atoms with van der Waals surface area (Å²) in [6.07, 6.45) is 3.86. The van der Waals surface area contributed by atoms with Crippen LogP contribution in [0.2, 0.25) is 0 Å². The number of rotatable bonds is 14. The van der Waals surface area contributed by atoms with Crippen molar-refractivity contribution in [1.29, 1.82) is 0 Å². The van der Waals surface area contributed by atoms with Crippen molar-refractivity contribution >= 4 is 23.8 Å². The van der Waals surface area contributed by atoms with Crippen LogP contribution in [0, 0.1) is 5.92 Å². The molecule has 1 saturated carbocycles. The van der Waals surface area contributed by atoms with Crippen molar-refractivity contribution in [3.63, 3.8) is 0 Å². The summed E-state index contributed by atoms with van der Waals surface area (Å²) in [6, 6.07) is 33.2. The van der Waals surface area contributed by atoms with Crippen molar-refractivity contribution in [1.82, 2.24) is 25.8 Å². The quantitative estimate of drug-likeness (QED) is 0.142. The minimum atomic E-state index is -0.693. The Balaban J connectivity index is 0.920. The van der Waals surface area contributed by atoms with E-state index < -0.39 is 18.2 Å². The van der Waals surface area contributed by atoms with Crippen molar-refractivity contribution in [2.24, 2.45) is 5.92 Å². The molecule has 3 aliphatic rings. The van der Waals surface area contributed by atoms with Crippen LogP contribution in [0.1, 0.15) is 72.8 Å². The summed E-state index contributed by atoms with van der Waals surface area (Å²) in [4.78, 5) is 57.3. The van der Waals surface area contributed by atoms with Gasteiger partial charge in [-0.1, -0.05) is 123 Å². The highest BCUT2D eigenvalue weighted by Gasteiger charge is 2.34. The van der Waals surface area contributed by atoms with Gasteiger partial charge >= 0.3 is 6.09 Å². The molecule has 4 aromatic rings. The fraction of sp³-hybridized carbons (Fsp3) is 0.391. The van der Waals surface area contributed by atoms with Gasteiger partial charge in [0, 0.05) is 58.0 Å². The molecule has 10 heteroatoms. The Morgan fingerprint density at radius 2 is 1.32 bits per heavy atom. The van der Waals surface area contributed by atoms with E-state index in [1.54, 1.807) is 6.92 Å². The summed E-state index contributed by atoms with van der Waals surface area (Å²) in [7, 11) is 0. The number of nitrogens with zero attached hydrogens (tertiary/aromatic N) is 2. The number of carbonyl (C=O) groups is 4. The van der Waals surface area contributed by atoms with E-state index in [1.165, 1.54) is 5.56 Å². The number of amides is 4. The van der Waals surface area contributed by atoms with Gasteiger partial charge in [0.05, 0.1) is 0 Å². The highest BCUT2D eigenvalue weighted by atomic mass is 16.5. The van der Waals surface area contributed by atoms with Gasteiger partial charge in [0.1, 0.15) is 18.7 Å². The number of hydrogen-bond acceptors (Lipinski definition) is 6. The second-order valence-corrected chi connectivity index (χ2v) is 15.3. The van der Waals surface area contributed by atoms with Crippen LogP contribution in [0.15, 0.2) is 103 Å². The molecule has 1 heterocycles. The Bertz CT molecular complexity index is 1930. The lowest BCUT2D eigenvalue weighted by Crippen LogP contribution is -2.55. The molecule has 1 saturated heterocycles. The van der Waals surface area contributed by atoms with Crippen LogP contribution in [0.5, 0.6) is 0 Å². The third-order valence-corrected chi connectivity index (χ3v) is 11.6. The van der Waals surface area contributed by atoms with E-state index in [1.807, 2.05) is 71.6 Å². The first-order chi connectivity index (χ1) is 27.4. The van der Waals surface area contributed by atoms with E-state index in [0.29, 0.717) is 25.9 Å². The third kappa shape index (κ3) is 9.48. The topological polar surface area (TPSA) is 120 Å². The normalized spacial score (nSPS) is 16.7. The molecule has 0 radical (unpaired) electrons. The Kier molecular flexibility index (Phi) is 12.8. The van der Waals surface area contributed by atoms with Crippen molar-refractivity contribution in [3.05, 3.63) is 131 Å². The predicted octanol–water partition coefficient (Wildman–Crippen LogP) is 6.18. The molecular weight excluding hydrogens is 703 g/mol. The van der Waals surface area contributed by atoms with Crippen molar-refractivity contribution in [2.45, 2.75) is 76.5 Å². The number of ether oxygens (including phenoxy) is 1. The van der Waals surface area contributed by atoms with Gasteiger partial charge in [0.15, 0.2) is 0 Å². The van der Waals surface area contributed by atoms with E-state index in [9.17, 15) is 19.2 Å². The Morgan fingerprint density at radius 1 is 0.714 bits per heavy atom. The van der Waals surface area contributed by atoms with Crippen LogP contribution in [-0.2, 0) is 38.6 Å². The minimum Gasteiger partial charge on any atom is -0.449 e. The summed E-state index contributed by atoms with van der Waals surface area (Å²) in [5.41, 5.74) is 7.66. The van der Waals surface area contributed by atoms with Crippen LogP contribution < -0.4 is 16.0 Å². The Labute approximate surface area is 330 Å². The molecule has 10 nitrogen and oxygen atoms in total. The molecule has 2 aliphatic carbocycles. The molecule has 292 valence electrons. The van der Waals surface area contributed by atoms with Crippen molar-refractivity contribution < 1.29 is 23.9 Å². The van der Waals surface area contributed by atoms with Crippen LogP contribution in [0.3, 0.4) is 0 Å². The summed E-state index contributed by atoms with van der Waals surface area (Å²) in [5.74, 6) is -0.478. The van der Waals surface area contributed by atoms with Gasteiger partial charge in [-0.05, 0) is 57.7 Å². The third-order valence-electron chi connectivity index (χ3n) is 11.6. The average Bonchev–Trinajstić information content (AvgIpc) is 3.89. The number of carbonyl (C=O) groups excluding carboxylic acids is 4. The summed E-state index contributed by atoms with van der Waals surface area (Å²) in [6.45, 7) is 5.88. The fourth-order valence-corrected chi connectivity index (χ4v) is 8.47. The van der Waals surface area contributed by atoms with E-state index >= 15 is 0 Å². The van der Waals surface area contributed by atoms with Gasteiger partial charge in [0.2, 0.25) is 17.7 Å². The molecule has 0 spiro atoms. The lowest BCUT2D eigenvalue weighted by Gasteiger charge is -2.36. The smallest absolute Gasteiger partial charge is 0.407 e. The molecule has 3 N–H and O–H groups in total. The molecule has 0 unspecified atom stereocenters. The van der Waals surface area contributed by atoms with Crippen LogP contribution in [-0.4, -0.2) is 78.5 Å². The molecule has 0 aromatic heterocycles. The second-order valence-electron chi connectivity index (χ2n) is 15.3. The van der Waals surface area contributed by atoms with Gasteiger partial charge in [-0.3, -0.25) is 19.3 Å². The van der Waals surface area contributed by atoms with E-state index in [-0.39, 0.29) is 42.7 Å². The molecular formula is C46H53N5O5. The first-order valence-corrected chi connectivity index (χ1v) is 20.2. The molecule has 1 aliphatic heterocycles. The first-order valence-electron chi connectivity index (χ1n) is 20.2. The lowest BCUT2D eigenvalue weighted by atomic mass is 9.97. The maximum absolute atomic E-state index is 13.7. The first kappa shape index (κ1) is 38.8. The van der Waals surface area contributed by atoms with Gasteiger partial charge in [-0.2, -0.15) is 0 Å². The highest BCUT2D eigenvalue weighted by molar-refractivity contribution is 5.88. The number of piperazine rings is 1. The maximum atomic E-state index is 13.7. The summed E-state index contributed by atoms with van der Waals surface area (Å²) >= 11 is 0. The lowest BCUT2D eigenvalue weighted by molar-refractivity contribution is -0.138. The van der Waals surface area contributed by atoms with E-state index in [4.69, 9.17) is 4.74 Å². The number of fused-ring (bicyclic) bond motifs is 3. The molecule has 0 bridgehead atoms. The average molecular weight is 756 g/mol. The minimum absolute atomic E-state index is 0.0394. The predicted molar refractivity (Wildman–Crippen MR) is 216 cm³/mol. The van der Waals surface area contributed by atoms with Crippen LogP contribution in [0.25, 0.3) is 11.1 Å². The zero-order valence-corrected chi connectivity index (χ0v) is 32.3. The van der Waals surface area contributed by atoms with E-state index in [0.717, 1.165) is 78.7 Å². The van der Waals surface area contributed by atoms with Crippen LogP contribution >= 0.6 is 0 Å². The zero-order valence-electron chi connectivity index (χ0n) is 32.3. The number of alkyl carbamates (subject to hydrolysis) is 1. The molecule has 7 rings (SSSR count). The monoisotopic (exact) mass is 755 g/mol. The standard InChI is InChI=1S/C46H53N5O5/c1-2-42(52)48-41(45(54)51-26-24-50(25-27-51)30-34-12-4-3-5-13-34)28-32-20-22-33(23-21-32)29-47-44(53)43(35-14-6-7-15-35)49-46(55)56-31-40-38-18-10-8-16-36(38)37-17-9-11-19-39(37)40/h3-5,8-13,16-23,35,40-41,43H,2,6-7,14-15,24-31H2,1H3,(H,47,53)(H,48,52)(H,49,55)/t41-,43+/m1/s1. The summed E-state index contributed by atoms with van der Waals surface area (Å²) < 4.78 is 5.82. The zero-order chi connectivity index (χ0) is 38.9. The molecule has 4 amide bonds. The second kappa shape index (κ2) is 18.4. The molecule has 4 aromatic carbocycles. The molecule has 2 fully saturated rings. The SMILES string of the molecule is CCC(=O)N[C@H](Cc1ccc(CNC(=O)[C@@H](NC(=O)OCC2c3ccccc3-c3ccccc32)C2CCCC2)cc1)C(=O)N1CCN(Cc2ccccc2)CC1. The largest absolute Gasteiger partial charge is 0.449 e. The van der Waals surface area contributed by atoms with Crippen LogP contribution in [0.4, 0.5) is 4.79 Å². The number of nitrogens with one attached hydrogen (secondary N) is 3. The maximum Gasteiger partial charge on any atom is 0.407 e. The van der Waals surface area contributed by atoms with Crippen molar-refractivity contribution in [2.75, 3.05) is 32.8 Å². The van der Waals surface area contributed by atoms with Gasteiger partial charge < -0.3 is 25.6 Å². The Hall–Kier alpha value is -5.48. The van der Waals surface area contributed by atoms with Crippen molar-refractivity contribution in [3.8, 4) is 11.1 Å². The molecule has 56 heavy (non-hydrogen) atoms.